The van der Waals surface area contributed by atoms with Gasteiger partial charge in [-0.05, 0) is 56.4 Å². The highest BCUT2D eigenvalue weighted by molar-refractivity contribution is 5.48. The molecule has 12 heteroatoms. The Morgan fingerprint density at radius 3 is 2.18 bits per heavy atom. The van der Waals surface area contributed by atoms with Crippen LogP contribution in [0, 0.1) is 6.92 Å². The second-order valence-electron chi connectivity index (χ2n) is 13.0. The van der Waals surface area contributed by atoms with Crippen molar-refractivity contribution in [2.45, 2.75) is 132 Å². The van der Waals surface area contributed by atoms with E-state index in [-0.39, 0.29) is 6.10 Å². The lowest BCUT2D eigenvalue weighted by Gasteiger charge is -2.48. The van der Waals surface area contributed by atoms with E-state index in [0.717, 1.165) is 47.9 Å². The molecule has 0 bridgehead atoms. The third-order valence-electron chi connectivity index (χ3n) is 9.25. The monoisotopic (exact) mass is 636 g/mol. The van der Waals surface area contributed by atoms with Crippen molar-refractivity contribution >= 4 is 0 Å². The zero-order chi connectivity index (χ0) is 32.6. The average molecular weight is 637 g/mol. The maximum Gasteiger partial charge on any atom is 0.229 e. The van der Waals surface area contributed by atoms with Crippen LogP contribution in [0.1, 0.15) is 69.1 Å². The summed E-state index contributed by atoms with van der Waals surface area (Å²) >= 11 is 0. The number of ether oxygens (including phenoxy) is 5. The summed E-state index contributed by atoms with van der Waals surface area (Å²) in [5.74, 6) is 0.0833. The summed E-state index contributed by atoms with van der Waals surface area (Å²) in [6, 6.07) is 6.17. The number of aliphatic hydroxyl groups is 7. The van der Waals surface area contributed by atoms with Crippen molar-refractivity contribution in [2.75, 3.05) is 13.2 Å². The molecule has 45 heavy (non-hydrogen) atoms. The summed E-state index contributed by atoms with van der Waals surface area (Å²) < 4.78 is 30.6. The highest BCUT2D eigenvalue weighted by Crippen LogP contribution is 2.49. The van der Waals surface area contributed by atoms with Gasteiger partial charge in [0.05, 0.1) is 30.8 Å². The number of hydrogen-bond acceptors (Lipinski definition) is 12. The number of benzene rings is 1. The van der Waals surface area contributed by atoms with Gasteiger partial charge in [0, 0.05) is 0 Å². The SMILES string of the molecule is CCCCCC1=CC2OC(C)(C)c3ccc(C)cc3C2C(O[C@@H]2O[C@H](CO)[C@@H](O)[C@H](O)[C@H]2O[C@@H]2O[C@H](CO)[C@@H](O)[C@H](O)[C@H]2O)=C1. The Hall–Kier alpha value is -1.94. The van der Waals surface area contributed by atoms with Crippen molar-refractivity contribution in [3.63, 3.8) is 0 Å². The Morgan fingerprint density at radius 1 is 0.844 bits per heavy atom. The third kappa shape index (κ3) is 6.88. The van der Waals surface area contributed by atoms with E-state index in [9.17, 15) is 35.7 Å². The van der Waals surface area contributed by atoms with E-state index >= 15 is 0 Å². The van der Waals surface area contributed by atoms with E-state index in [0.29, 0.717) is 5.76 Å². The van der Waals surface area contributed by atoms with Crippen LogP contribution in [0.2, 0.25) is 0 Å². The van der Waals surface area contributed by atoms with E-state index in [2.05, 4.69) is 19.1 Å². The maximum absolute atomic E-state index is 11.2. The number of fused-ring (bicyclic) bond motifs is 3. The van der Waals surface area contributed by atoms with Crippen molar-refractivity contribution in [3.8, 4) is 0 Å². The number of allylic oxidation sites excluding steroid dienone is 2. The minimum absolute atomic E-state index is 0.386. The topological polar surface area (TPSA) is 188 Å². The van der Waals surface area contributed by atoms with Crippen molar-refractivity contribution in [1.82, 2.24) is 0 Å². The summed E-state index contributed by atoms with van der Waals surface area (Å²) in [5.41, 5.74) is 3.48. The van der Waals surface area contributed by atoms with Gasteiger partial charge < -0.3 is 59.4 Å². The van der Waals surface area contributed by atoms with Crippen molar-refractivity contribution in [2.24, 2.45) is 0 Å². The first-order valence-corrected chi connectivity index (χ1v) is 15.9. The van der Waals surface area contributed by atoms with Crippen molar-refractivity contribution in [3.05, 3.63) is 58.4 Å². The summed E-state index contributed by atoms with van der Waals surface area (Å²) in [5, 5.41) is 72.7. The molecule has 3 heterocycles. The zero-order valence-electron chi connectivity index (χ0n) is 26.2. The standard InChI is InChI=1S/C33H48O12/c1-5-6-7-8-17-12-20(24-18-11-16(2)9-10-19(18)33(3,4)45-21(24)13-17)41-32-30(28(39)26(37)23(15-35)43-32)44-31-29(40)27(38)25(36)22(14-34)42-31/h9-13,21-32,34-40H,5-8,14-15H2,1-4H3/t21?,22-,23-,24?,25-,26-,27+,28+,29-,30-,31+,32-/m1/s1. The van der Waals surface area contributed by atoms with Gasteiger partial charge in [-0.1, -0.05) is 49.6 Å². The molecule has 3 aliphatic heterocycles. The summed E-state index contributed by atoms with van der Waals surface area (Å²) in [4.78, 5) is 0. The van der Waals surface area contributed by atoms with Gasteiger partial charge in [-0.15, -0.1) is 0 Å². The Kier molecular flexibility index (Phi) is 10.7. The Morgan fingerprint density at radius 2 is 1.51 bits per heavy atom. The van der Waals surface area contributed by atoms with Gasteiger partial charge in [0.1, 0.15) is 48.5 Å². The fourth-order valence-electron chi connectivity index (χ4n) is 6.72. The van der Waals surface area contributed by atoms with Crippen LogP contribution in [0.3, 0.4) is 0 Å². The summed E-state index contributed by atoms with van der Waals surface area (Å²) in [6.07, 6.45) is -7.88. The number of unbranched alkanes of at least 4 members (excludes halogenated alkanes) is 2. The molecule has 1 aromatic carbocycles. The van der Waals surface area contributed by atoms with Crippen LogP contribution in [0.5, 0.6) is 0 Å². The van der Waals surface area contributed by atoms with E-state index in [1.54, 1.807) is 0 Å². The van der Waals surface area contributed by atoms with Crippen LogP contribution in [0.4, 0.5) is 0 Å². The lowest BCUT2D eigenvalue weighted by atomic mass is 9.76. The molecule has 2 unspecified atom stereocenters. The van der Waals surface area contributed by atoms with Gasteiger partial charge in [-0.3, -0.25) is 0 Å². The molecule has 12 atom stereocenters. The van der Waals surface area contributed by atoms with Gasteiger partial charge >= 0.3 is 0 Å². The van der Waals surface area contributed by atoms with Gasteiger partial charge in [-0.25, -0.2) is 0 Å². The first-order valence-electron chi connectivity index (χ1n) is 15.9. The molecule has 2 saturated heterocycles. The molecule has 12 nitrogen and oxygen atoms in total. The Labute approximate surface area is 263 Å². The quantitative estimate of drug-likeness (QED) is 0.179. The van der Waals surface area contributed by atoms with Crippen LogP contribution < -0.4 is 0 Å². The van der Waals surface area contributed by atoms with Crippen LogP contribution in [0.15, 0.2) is 41.7 Å². The molecule has 252 valence electrons. The predicted molar refractivity (Wildman–Crippen MR) is 160 cm³/mol. The fourth-order valence-corrected chi connectivity index (χ4v) is 6.72. The molecule has 1 aromatic rings. The number of rotatable bonds is 10. The van der Waals surface area contributed by atoms with E-state index in [1.807, 2.05) is 39.0 Å². The second-order valence-corrected chi connectivity index (χ2v) is 13.0. The van der Waals surface area contributed by atoms with Gasteiger partial charge in [0.2, 0.25) is 6.29 Å². The second kappa shape index (κ2) is 14.0. The van der Waals surface area contributed by atoms with Crippen molar-refractivity contribution < 1.29 is 59.4 Å². The van der Waals surface area contributed by atoms with Gasteiger partial charge in [0.25, 0.3) is 0 Å². The predicted octanol–water partition coefficient (Wildman–Crippen LogP) is 0.757. The molecule has 7 N–H and O–H groups in total. The van der Waals surface area contributed by atoms with Crippen LogP contribution in [-0.4, -0.2) is 116 Å². The maximum atomic E-state index is 11.2. The average Bonchev–Trinajstić information content (AvgIpc) is 3.00. The molecule has 0 radical (unpaired) electrons. The molecular weight excluding hydrogens is 588 g/mol. The molecule has 5 rings (SSSR count). The first kappa shape index (κ1) is 34.4. The number of hydrogen-bond donors (Lipinski definition) is 7. The highest BCUT2D eigenvalue weighted by atomic mass is 16.8. The summed E-state index contributed by atoms with van der Waals surface area (Å²) in [6.45, 7) is 6.89. The molecule has 0 saturated carbocycles. The molecule has 0 spiro atoms. The van der Waals surface area contributed by atoms with E-state index < -0.39 is 86.1 Å². The minimum Gasteiger partial charge on any atom is -0.466 e. The highest BCUT2D eigenvalue weighted by Gasteiger charge is 2.52. The van der Waals surface area contributed by atoms with Crippen LogP contribution in [-0.2, 0) is 29.3 Å². The third-order valence-corrected chi connectivity index (χ3v) is 9.25. The Balaban J connectivity index is 1.51. The first-order chi connectivity index (χ1) is 21.4. The van der Waals surface area contributed by atoms with E-state index in [4.69, 9.17) is 23.7 Å². The van der Waals surface area contributed by atoms with E-state index in [1.165, 1.54) is 0 Å². The molecule has 0 amide bonds. The summed E-state index contributed by atoms with van der Waals surface area (Å²) in [7, 11) is 0. The largest absolute Gasteiger partial charge is 0.466 e. The van der Waals surface area contributed by atoms with Crippen LogP contribution >= 0.6 is 0 Å². The molecule has 0 aromatic heterocycles. The van der Waals surface area contributed by atoms with Gasteiger partial charge in [-0.2, -0.15) is 0 Å². The number of aryl methyl sites for hydroxylation is 1. The Bertz CT molecular complexity index is 1230. The number of aliphatic hydroxyl groups excluding tert-OH is 7. The lowest BCUT2D eigenvalue weighted by Crippen LogP contribution is -2.64. The molecule has 4 aliphatic rings. The van der Waals surface area contributed by atoms with Crippen molar-refractivity contribution in [1.29, 1.82) is 0 Å². The lowest BCUT2D eigenvalue weighted by molar-refractivity contribution is -0.364. The normalized spacial score (nSPS) is 39.4. The minimum atomic E-state index is -1.77. The smallest absolute Gasteiger partial charge is 0.229 e. The zero-order valence-corrected chi connectivity index (χ0v) is 26.2. The molecule has 2 fully saturated rings. The van der Waals surface area contributed by atoms with Crippen LogP contribution in [0.25, 0.3) is 0 Å². The van der Waals surface area contributed by atoms with Gasteiger partial charge in [0.15, 0.2) is 12.4 Å². The molecular formula is C33H48O12. The fraction of sp³-hybridized carbons (Fsp3) is 0.697. The molecule has 1 aliphatic carbocycles.